The van der Waals surface area contributed by atoms with Crippen molar-refractivity contribution in [2.75, 3.05) is 32.1 Å². The van der Waals surface area contributed by atoms with E-state index in [1.165, 1.54) is 17.0 Å². The maximum absolute atomic E-state index is 5.61. The number of hydrogen-bond donors (Lipinski definition) is 1. The van der Waals surface area contributed by atoms with Crippen LogP contribution in [0.2, 0.25) is 0 Å². The van der Waals surface area contributed by atoms with Crippen LogP contribution < -0.4 is 10.2 Å². The van der Waals surface area contributed by atoms with Gasteiger partial charge in [0.05, 0.1) is 11.8 Å². The van der Waals surface area contributed by atoms with Gasteiger partial charge in [0, 0.05) is 31.6 Å². The van der Waals surface area contributed by atoms with Crippen LogP contribution in [-0.2, 0) is 11.3 Å². The lowest BCUT2D eigenvalue weighted by Crippen LogP contribution is -2.43. The summed E-state index contributed by atoms with van der Waals surface area (Å²) in [5.41, 5.74) is 1.24. The molecule has 1 N–H and O–H groups in total. The third-order valence-corrected chi connectivity index (χ3v) is 5.20. The Morgan fingerprint density at radius 1 is 1.50 bits per heavy atom. The fraction of sp³-hybridized carbons (Fsp3) is 0.800. The standard InChI is InChI=1S/C15H27N3OS/c1-10(2)14-13(8-16-4)20-15(17-14)18-7-6-11(3)12(9-18)19-5/h10-12,16H,6-9H2,1-5H3. The lowest BCUT2D eigenvalue weighted by molar-refractivity contribution is 0.0498. The Kier molecular flexibility index (Phi) is 5.41. The molecular formula is C15H27N3OS. The van der Waals surface area contributed by atoms with E-state index >= 15 is 0 Å². The van der Waals surface area contributed by atoms with Gasteiger partial charge in [0.2, 0.25) is 0 Å². The van der Waals surface area contributed by atoms with Crippen molar-refractivity contribution in [1.82, 2.24) is 10.3 Å². The molecule has 2 heterocycles. The predicted octanol–water partition coefficient (Wildman–Crippen LogP) is 2.85. The van der Waals surface area contributed by atoms with Gasteiger partial charge in [-0.1, -0.05) is 20.8 Å². The maximum Gasteiger partial charge on any atom is 0.185 e. The molecule has 5 heteroatoms. The largest absolute Gasteiger partial charge is 0.379 e. The lowest BCUT2D eigenvalue weighted by Gasteiger charge is -2.36. The SMILES string of the molecule is CNCc1sc(N2CCC(C)C(OC)C2)nc1C(C)C. The molecule has 0 aliphatic carbocycles. The minimum Gasteiger partial charge on any atom is -0.379 e. The van der Waals surface area contributed by atoms with Gasteiger partial charge in [0.1, 0.15) is 0 Å². The average molecular weight is 297 g/mol. The van der Waals surface area contributed by atoms with Crippen molar-refractivity contribution in [3.05, 3.63) is 10.6 Å². The molecule has 0 amide bonds. The Morgan fingerprint density at radius 3 is 2.85 bits per heavy atom. The number of ether oxygens (including phenoxy) is 1. The summed E-state index contributed by atoms with van der Waals surface area (Å²) in [6, 6.07) is 0. The highest BCUT2D eigenvalue weighted by atomic mass is 32.1. The van der Waals surface area contributed by atoms with Crippen molar-refractivity contribution in [2.45, 2.75) is 45.8 Å². The zero-order chi connectivity index (χ0) is 14.7. The second-order valence-electron chi connectivity index (χ2n) is 5.98. The molecule has 1 aliphatic rings. The van der Waals surface area contributed by atoms with Crippen LogP contribution in [0.5, 0.6) is 0 Å². The van der Waals surface area contributed by atoms with E-state index in [2.05, 4.69) is 31.0 Å². The van der Waals surface area contributed by atoms with Crippen molar-refractivity contribution >= 4 is 16.5 Å². The molecule has 1 aromatic rings. The Labute approximate surface area is 126 Å². The highest BCUT2D eigenvalue weighted by molar-refractivity contribution is 7.15. The summed E-state index contributed by atoms with van der Waals surface area (Å²) in [5.74, 6) is 1.11. The predicted molar refractivity (Wildman–Crippen MR) is 85.8 cm³/mol. The number of anilines is 1. The smallest absolute Gasteiger partial charge is 0.185 e. The number of rotatable bonds is 5. The number of aromatic nitrogens is 1. The first-order valence-corrected chi connectivity index (χ1v) is 8.30. The first-order valence-electron chi connectivity index (χ1n) is 7.48. The quantitative estimate of drug-likeness (QED) is 0.907. The molecule has 1 aliphatic heterocycles. The molecule has 20 heavy (non-hydrogen) atoms. The van der Waals surface area contributed by atoms with Gasteiger partial charge >= 0.3 is 0 Å². The highest BCUT2D eigenvalue weighted by Crippen LogP contribution is 2.33. The molecule has 2 unspecified atom stereocenters. The van der Waals surface area contributed by atoms with E-state index in [9.17, 15) is 0 Å². The Morgan fingerprint density at radius 2 is 2.25 bits per heavy atom. The van der Waals surface area contributed by atoms with Crippen LogP contribution in [0.3, 0.4) is 0 Å². The van der Waals surface area contributed by atoms with Crippen molar-refractivity contribution < 1.29 is 4.74 Å². The number of nitrogens with zero attached hydrogens (tertiary/aromatic N) is 2. The maximum atomic E-state index is 5.61. The first-order chi connectivity index (χ1) is 9.56. The summed E-state index contributed by atoms with van der Waals surface area (Å²) >= 11 is 1.83. The van der Waals surface area contributed by atoms with Crippen molar-refractivity contribution in [1.29, 1.82) is 0 Å². The minimum atomic E-state index is 0.322. The Bertz CT molecular complexity index is 433. The van der Waals surface area contributed by atoms with Crippen LogP contribution in [0.1, 0.15) is 43.7 Å². The third kappa shape index (κ3) is 3.32. The van der Waals surface area contributed by atoms with Gasteiger partial charge < -0.3 is 15.0 Å². The lowest BCUT2D eigenvalue weighted by atomic mass is 9.96. The van der Waals surface area contributed by atoms with Gasteiger partial charge in [0.15, 0.2) is 5.13 Å². The van der Waals surface area contributed by atoms with E-state index in [0.717, 1.165) is 24.8 Å². The van der Waals surface area contributed by atoms with Crippen LogP contribution in [0.4, 0.5) is 5.13 Å². The molecule has 0 spiro atoms. The van der Waals surface area contributed by atoms with Gasteiger partial charge in [-0.25, -0.2) is 4.98 Å². The molecule has 4 nitrogen and oxygen atoms in total. The summed E-state index contributed by atoms with van der Waals surface area (Å²) in [6.45, 7) is 9.66. The van der Waals surface area contributed by atoms with Crippen LogP contribution in [0, 0.1) is 5.92 Å². The summed E-state index contributed by atoms with van der Waals surface area (Å²) in [6.07, 6.45) is 1.50. The topological polar surface area (TPSA) is 37.4 Å². The van der Waals surface area contributed by atoms with E-state index in [-0.39, 0.29) is 0 Å². The molecule has 2 rings (SSSR count). The van der Waals surface area contributed by atoms with Crippen LogP contribution in [-0.4, -0.2) is 38.3 Å². The van der Waals surface area contributed by atoms with Crippen LogP contribution in [0.25, 0.3) is 0 Å². The molecule has 114 valence electrons. The Hall–Kier alpha value is -0.650. The van der Waals surface area contributed by atoms with E-state index in [1.807, 2.05) is 25.5 Å². The number of thiazole rings is 1. The number of methoxy groups -OCH3 is 1. The second-order valence-corrected chi connectivity index (χ2v) is 7.04. The summed E-state index contributed by atoms with van der Waals surface area (Å²) in [4.78, 5) is 8.65. The average Bonchev–Trinajstić information content (AvgIpc) is 2.84. The van der Waals surface area contributed by atoms with E-state index in [1.54, 1.807) is 0 Å². The summed E-state index contributed by atoms with van der Waals surface area (Å²) in [7, 11) is 3.81. The van der Waals surface area contributed by atoms with Crippen LogP contribution in [0.15, 0.2) is 0 Å². The Balaban J connectivity index is 2.18. The molecule has 0 bridgehead atoms. The van der Waals surface area contributed by atoms with Crippen molar-refractivity contribution in [3.63, 3.8) is 0 Å². The van der Waals surface area contributed by atoms with Gasteiger partial charge in [-0.2, -0.15) is 0 Å². The van der Waals surface area contributed by atoms with Gasteiger partial charge in [-0.15, -0.1) is 11.3 Å². The van der Waals surface area contributed by atoms with Crippen LogP contribution >= 0.6 is 11.3 Å². The summed E-state index contributed by atoms with van der Waals surface area (Å²) in [5, 5.41) is 4.41. The zero-order valence-electron chi connectivity index (χ0n) is 13.3. The van der Waals surface area contributed by atoms with Crippen molar-refractivity contribution in [2.24, 2.45) is 5.92 Å². The number of hydrogen-bond acceptors (Lipinski definition) is 5. The monoisotopic (exact) mass is 297 g/mol. The summed E-state index contributed by atoms with van der Waals surface area (Å²) < 4.78 is 5.61. The minimum absolute atomic E-state index is 0.322. The van der Waals surface area contributed by atoms with Gasteiger partial charge in [-0.05, 0) is 25.3 Å². The molecule has 1 fully saturated rings. The molecule has 0 radical (unpaired) electrons. The molecular weight excluding hydrogens is 270 g/mol. The fourth-order valence-electron chi connectivity index (χ4n) is 2.74. The van der Waals surface area contributed by atoms with E-state index in [4.69, 9.17) is 9.72 Å². The van der Waals surface area contributed by atoms with Crippen molar-refractivity contribution in [3.8, 4) is 0 Å². The fourth-order valence-corrected chi connectivity index (χ4v) is 4.00. The number of nitrogens with one attached hydrogen (secondary N) is 1. The van der Waals surface area contributed by atoms with E-state index < -0.39 is 0 Å². The molecule has 2 atom stereocenters. The molecule has 1 saturated heterocycles. The normalized spacial score (nSPS) is 23.6. The van der Waals surface area contributed by atoms with Gasteiger partial charge in [0.25, 0.3) is 0 Å². The molecule has 1 aromatic heterocycles. The molecule has 0 aromatic carbocycles. The highest BCUT2D eigenvalue weighted by Gasteiger charge is 2.28. The van der Waals surface area contributed by atoms with Gasteiger partial charge in [-0.3, -0.25) is 0 Å². The number of piperidine rings is 1. The third-order valence-electron chi connectivity index (χ3n) is 4.06. The van der Waals surface area contributed by atoms with E-state index in [0.29, 0.717) is 17.9 Å². The zero-order valence-corrected chi connectivity index (χ0v) is 14.1. The first kappa shape index (κ1) is 15.7. The second kappa shape index (κ2) is 6.87. The molecule has 0 saturated carbocycles.